The van der Waals surface area contributed by atoms with Crippen LogP contribution in [0.4, 0.5) is 41.3 Å². The number of allylic oxidation sites excluding steroid dienone is 1. The maximum atomic E-state index is 15.1. The van der Waals surface area contributed by atoms with E-state index in [4.69, 9.17) is 15.5 Å². The number of fused-ring (bicyclic) bond motifs is 2. The van der Waals surface area contributed by atoms with Crippen LogP contribution < -0.4 is 26.6 Å². The van der Waals surface area contributed by atoms with Gasteiger partial charge in [-0.25, -0.2) is 27.3 Å². The van der Waals surface area contributed by atoms with E-state index < -0.39 is 85.0 Å². The van der Waals surface area contributed by atoms with Crippen molar-refractivity contribution in [1.82, 2.24) is 25.8 Å². The smallest absolute Gasteiger partial charge is 0.407 e. The molecule has 20 heteroatoms. The molecule has 13 nitrogen and oxygen atoms in total. The number of rotatable bonds is 17. The average Bonchev–Trinajstić information content (AvgIpc) is 3.48. The molecule has 2 unspecified atom stereocenters. The van der Waals surface area contributed by atoms with Crippen LogP contribution in [0.1, 0.15) is 54.5 Å². The van der Waals surface area contributed by atoms with E-state index in [1.54, 1.807) is 30.5 Å². The monoisotopic (exact) mass is 930 g/mol. The van der Waals surface area contributed by atoms with E-state index in [1.165, 1.54) is 0 Å². The van der Waals surface area contributed by atoms with Crippen LogP contribution in [0.2, 0.25) is 0 Å². The van der Waals surface area contributed by atoms with Gasteiger partial charge in [0.15, 0.2) is 0 Å². The van der Waals surface area contributed by atoms with Crippen molar-refractivity contribution < 1.29 is 54.9 Å². The molecule has 66 heavy (non-hydrogen) atoms. The maximum Gasteiger partial charge on any atom is 0.407 e. The number of anilines is 1. The van der Waals surface area contributed by atoms with Gasteiger partial charge in [-0.05, 0) is 81.1 Å². The number of aliphatic imine (C=N–C) groups is 1. The molecule has 3 saturated heterocycles. The van der Waals surface area contributed by atoms with Crippen molar-refractivity contribution in [2.45, 2.75) is 88.6 Å². The lowest BCUT2D eigenvalue weighted by Crippen LogP contribution is -2.62. The summed E-state index contributed by atoms with van der Waals surface area (Å²) in [6.45, 7) is 3.17. The molecule has 2 amide bonds. The van der Waals surface area contributed by atoms with E-state index in [1.807, 2.05) is 17.4 Å². The number of nitrogens with one attached hydrogen (secondary N) is 3. The number of hydrogen-bond donors (Lipinski definition) is 5. The number of aliphatic hydroxyl groups is 1. The summed E-state index contributed by atoms with van der Waals surface area (Å²) in [5.74, 6) is 3.73. The summed E-state index contributed by atoms with van der Waals surface area (Å²) in [6, 6.07) is 10.4. The highest BCUT2D eigenvalue weighted by Crippen LogP contribution is 2.41. The van der Waals surface area contributed by atoms with E-state index in [2.05, 4.69) is 42.0 Å². The number of alkyl carbamates (subject to hydrolysis) is 1. The number of benzene rings is 2. The molecule has 3 aliphatic rings. The normalized spacial score (nSPS) is 19.5. The van der Waals surface area contributed by atoms with Gasteiger partial charge < -0.3 is 41.2 Å². The first kappa shape index (κ1) is 49.7. The number of alkyl halides is 5. The highest BCUT2D eigenvalue weighted by Gasteiger charge is 2.56. The number of nitrogens with two attached hydrogens (primary N) is 1. The second kappa shape index (κ2) is 21.7. The van der Waals surface area contributed by atoms with Gasteiger partial charge in [-0.1, -0.05) is 24.0 Å². The van der Waals surface area contributed by atoms with Crippen molar-refractivity contribution >= 4 is 29.7 Å². The van der Waals surface area contributed by atoms with Crippen molar-refractivity contribution in [3.63, 3.8) is 0 Å². The zero-order valence-electron chi connectivity index (χ0n) is 36.6. The lowest BCUT2D eigenvalue weighted by Gasteiger charge is -2.47. The summed E-state index contributed by atoms with van der Waals surface area (Å²) >= 11 is 0. The van der Waals surface area contributed by atoms with E-state index >= 15 is 8.78 Å². The van der Waals surface area contributed by atoms with Gasteiger partial charge in [0, 0.05) is 78.6 Å². The molecule has 2 bridgehead atoms. The number of carbonyl (C=O) groups is 2. The summed E-state index contributed by atoms with van der Waals surface area (Å²) < 4.78 is 107. The fourth-order valence-corrected chi connectivity index (χ4v) is 8.14. The van der Waals surface area contributed by atoms with Crippen molar-refractivity contribution in [2.24, 2.45) is 16.1 Å². The van der Waals surface area contributed by atoms with Crippen LogP contribution in [0.15, 0.2) is 65.8 Å². The Morgan fingerprint density at radius 2 is 1.64 bits per heavy atom. The molecule has 0 saturated carbocycles. The Morgan fingerprint density at radius 1 is 1.00 bits per heavy atom. The zero-order valence-corrected chi connectivity index (χ0v) is 36.6. The molecule has 2 aromatic carbocycles. The Morgan fingerprint density at radius 3 is 2.20 bits per heavy atom. The van der Waals surface area contributed by atoms with E-state index in [0.29, 0.717) is 34.8 Å². The van der Waals surface area contributed by atoms with Crippen molar-refractivity contribution in [3.05, 3.63) is 100 Å². The molecule has 3 fully saturated rings. The first-order valence-corrected chi connectivity index (χ1v) is 21.3. The molecule has 356 valence electrons. The highest BCUT2D eigenvalue weighted by molar-refractivity contribution is 5.87. The Kier molecular flexibility index (Phi) is 16.3. The number of hydrogen-bond acceptors (Lipinski definition) is 11. The predicted molar refractivity (Wildman–Crippen MR) is 233 cm³/mol. The van der Waals surface area contributed by atoms with Crippen LogP contribution >= 0.6 is 0 Å². The predicted octanol–water partition coefficient (Wildman–Crippen LogP) is 4.94. The van der Waals surface area contributed by atoms with Crippen molar-refractivity contribution in [2.75, 3.05) is 51.4 Å². The summed E-state index contributed by atoms with van der Waals surface area (Å²) in [5.41, 5.74) is 4.16. The molecule has 4 heterocycles. The van der Waals surface area contributed by atoms with Gasteiger partial charge in [0.05, 0.1) is 50.5 Å². The first-order valence-electron chi connectivity index (χ1n) is 21.3. The molecule has 3 aliphatic heterocycles. The van der Waals surface area contributed by atoms with Gasteiger partial charge in [-0.15, -0.1) is 0 Å². The minimum Gasteiger partial charge on any atom is -0.453 e. The Bertz CT molecular complexity index is 2240. The molecule has 6 N–H and O–H groups in total. The topological polar surface area (TPSA) is 167 Å². The molecule has 0 radical (unpaired) electrons. The third-order valence-corrected chi connectivity index (χ3v) is 12.1. The number of ether oxygens (including phenoxy) is 2. The van der Waals surface area contributed by atoms with Crippen LogP contribution in [0.5, 0.6) is 0 Å². The van der Waals surface area contributed by atoms with Crippen LogP contribution in [0.3, 0.4) is 0 Å². The Labute approximate surface area is 378 Å². The first-order chi connectivity index (χ1) is 31.3. The van der Waals surface area contributed by atoms with Crippen LogP contribution in [-0.4, -0.2) is 129 Å². The summed E-state index contributed by atoms with van der Waals surface area (Å²) in [4.78, 5) is 38.9. The maximum absolute atomic E-state index is 15.1. The summed E-state index contributed by atoms with van der Waals surface area (Å²) in [5, 5.41) is 18.5. The van der Waals surface area contributed by atoms with Gasteiger partial charge in [0.1, 0.15) is 23.5 Å². The van der Waals surface area contributed by atoms with E-state index in [-0.39, 0.29) is 17.7 Å². The van der Waals surface area contributed by atoms with Gasteiger partial charge in [0.2, 0.25) is 5.91 Å². The number of halogens is 7. The fourth-order valence-electron chi connectivity index (χ4n) is 8.14. The number of aliphatic hydroxyl groups excluding tert-OH is 1. The number of amides is 2. The lowest BCUT2D eigenvalue weighted by atomic mass is 9.82. The van der Waals surface area contributed by atoms with Crippen LogP contribution in [0.25, 0.3) is 5.70 Å². The third kappa shape index (κ3) is 12.4. The Balaban J connectivity index is 1.13. The van der Waals surface area contributed by atoms with Gasteiger partial charge in [0.25, 0.3) is 6.43 Å². The lowest BCUT2D eigenvalue weighted by molar-refractivity contribution is -0.220. The number of nitrogens with zero attached hydrogens (tertiary/aromatic N) is 4. The Hall–Kier alpha value is -5.75. The zero-order chi connectivity index (χ0) is 47.8. The minimum atomic E-state index is -4.98. The van der Waals surface area contributed by atoms with E-state index in [9.17, 15) is 36.6 Å². The van der Waals surface area contributed by atoms with Crippen LogP contribution in [0, 0.1) is 28.9 Å². The molecular weight excluding hydrogens is 878 g/mol. The minimum absolute atomic E-state index is 0.0911. The average molecular weight is 931 g/mol. The third-order valence-electron chi connectivity index (χ3n) is 12.1. The second-order valence-corrected chi connectivity index (χ2v) is 17.0. The van der Waals surface area contributed by atoms with E-state index in [0.717, 1.165) is 90.3 Å². The van der Waals surface area contributed by atoms with Gasteiger partial charge in [-0.2, -0.15) is 13.2 Å². The standard InChI is InChI=1S/C46H53F7N8O5/c1-45(2,46(51,52)53)42(59-44(64)65-3)43(63)58-38(39(62)21-56-20-34-35(47)17-30(18-36(34)48)37(54)14-15-55-22-40(49)50)16-28-7-4-27(5-8-28)6-9-29-10-13-41(57-19-29)60-23-31-11-12-32(24-60)61(31)33-25-66-26-33/h4-5,7-8,10,13-15,17-19,31-33,38-40,42,56,62H,11-12,16,20-26,54H2,1-3H3,(H,58,63)(H,59,64)/t31?,32?,38-,39-,42+/m0/s1. The largest absolute Gasteiger partial charge is 0.453 e. The quantitative estimate of drug-likeness (QED) is 0.0712. The van der Waals surface area contributed by atoms with Gasteiger partial charge >= 0.3 is 12.3 Å². The number of methoxy groups -OCH3 is 1. The number of carbonyl (C=O) groups excluding carboxylic acids is 2. The van der Waals surface area contributed by atoms with Crippen molar-refractivity contribution in [3.8, 4) is 11.8 Å². The molecule has 1 aromatic heterocycles. The number of pyridine rings is 1. The van der Waals surface area contributed by atoms with Gasteiger partial charge in [-0.3, -0.25) is 14.7 Å². The SMILES string of the molecule is COC(=O)N[C@H](C(=O)N[C@@H](Cc1ccc(C#Cc2ccc(N3CC4CCC(C3)N4C3COC3)nc2)cc1)[C@@H](O)CNCc1c(F)cc(C(N)=CC=NCC(F)F)cc1F)C(C)(C)C(F)(F)F. The molecule has 0 aliphatic carbocycles. The number of aromatic nitrogens is 1. The molecule has 5 atom stereocenters. The van der Waals surface area contributed by atoms with Crippen LogP contribution in [-0.2, 0) is 27.2 Å². The highest BCUT2D eigenvalue weighted by atomic mass is 19.4. The van der Waals surface area contributed by atoms with Crippen molar-refractivity contribution in [1.29, 1.82) is 0 Å². The summed E-state index contributed by atoms with van der Waals surface area (Å²) in [7, 11) is 0.919. The molecule has 3 aromatic rings. The number of piperazine rings is 1. The molecule has 6 rings (SSSR count). The molecular formula is C46H53F7N8O5. The fraction of sp³-hybridized carbons (Fsp3) is 0.478. The summed E-state index contributed by atoms with van der Waals surface area (Å²) in [6.07, 6.45) is -4.53. The second-order valence-electron chi connectivity index (χ2n) is 17.0. The molecule has 0 spiro atoms.